The topological polar surface area (TPSA) is 61.4 Å². The number of anilines is 1. The van der Waals surface area contributed by atoms with Crippen LogP contribution >= 0.6 is 12.2 Å². The third kappa shape index (κ3) is 6.49. The number of thiocarbonyl (C=S) groups is 1. The van der Waals surface area contributed by atoms with Gasteiger partial charge in [-0.05, 0) is 55.8 Å². The maximum absolute atomic E-state index is 13.1. The molecule has 162 valence electrons. The number of benzene rings is 2. The summed E-state index contributed by atoms with van der Waals surface area (Å²) in [5.74, 6) is -0.371. The van der Waals surface area contributed by atoms with Crippen molar-refractivity contribution in [2.75, 3.05) is 12.4 Å². The van der Waals surface area contributed by atoms with Crippen LogP contribution in [-0.4, -0.2) is 34.9 Å². The van der Waals surface area contributed by atoms with E-state index in [9.17, 15) is 9.59 Å². The quantitative estimate of drug-likeness (QED) is 0.517. The molecule has 0 aromatic heterocycles. The van der Waals surface area contributed by atoms with Crippen LogP contribution in [0, 0.1) is 6.92 Å². The van der Waals surface area contributed by atoms with Crippen molar-refractivity contribution in [3.63, 3.8) is 0 Å². The van der Waals surface area contributed by atoms with Gasteiger partial charge in [0.05, 0.1) is 11.3 Å². The van der Waals surface area contributed by atoms with E-state index in [0.29, 0.717) is 11.3 Å². The third-order valence-corrected chi connectivity index (χ3v) is 5.79. The van der Waals surface area contributed by atoms with Crippen LogP contribution in [0.15, 0.2) is 54.6 Å². The van der Waals surface area contributed by atoms with Crippen molar-refractivity contribution in [1.29, 1.82) is 0 Å². The molecule has 0 bridgehead atoms. The van der Waals surface area contributed by atoms with Crippen LogP contribution < -0.4 is 10.6 Å². The molecule has 1 aliphatic rings. The van der Waals surface area contributed by atoms with Gasteiger partial charge in [0.25, 0.3) is 5.91 Å². The second-order valence-electron chi connectivity index (χ2n) is 7.94. The second-order valence-corrected chi connectivity index (χ2v) is 8.35. The zero-order chi connectivity index (χ0) is 22.2. The van der Waals surface area contributed by atoms with Gasteiger partial charge in [0.1, 0.15) is 0 Å². The summed E-state index contributed by atoms with van der Waals surface area (Å²) < 4.78 is 0. The van der Waals surface area contributed by atoms with Crippen molar-refractivity contribution in [1.82, 2.24) is 10.2 Å². The highest BCUT2D eigenvalue weighted by atomic mass is 32.1. The molecule has 1 saturated carbocycles. The summed E-state index contributed by atoms with van der Waals surface area (Å²) >= 11 is 5.30. The molecule has 1 fully saturated rings. The van der Waals surface area contributed by atoms with Crippen molar-refractivity contribution in [2.24, 2.45) is 0 Å². The van der Waals surface area contributed by atoms with Gasteiger partial charge >= 0.3 is 0 Å². The Balaban J connectivity index is 1.61. The lowest BCUT2D eigenvalue weighted by molar-refractivity contribution is -0.115. The average Bonchev–Trinajstić information content (AvgIpc) is 2.78. The van der Waals surface area contributed by atoms with Crippen LogP contribution in [0.5, 0.6) is 0 Å². The van der Waals surface area contributed by atoms with Crippen LogP contribution in [0.3, 0.4) is 0 Å². The molecule has 0 atom stereocenters. The molecule has 0 radical (unpaired) electrons. The maximum atomic E-state index is 13.1. The van der Waals surface area contributed by atoms with Gasteiger partial charge in [0.15, 0.2) is 5.11 Å². The van der Waals surface area contributed by atoms with Gasteiger partial charge in [-0.1, -0.05) is 61.2 Å². The molecule has 5 nitrogen and oxygen atoms in total. The van der Waals surface area contributed by atoms with Gasteiger partial charge in [-0.25, -0.2) is 0 Å². The third-order valence-electron chi connectivity index (χ3n) is 5.59. The predicted octanol–water partition coefficient (Wildman–Crippen LogP) is 4.93. The van der Waals surface area contributed by atoms with Crippen LogP contribution in [0.25, 0.3) is 6.08 Å². The van der Waals surface area contributed by atoms with E-state index in [-0.39, 0.29) is 23.0 Å². The smallest absolute Gasteiger partial charge is 0.255 e. The summed E-state index contributed by atoms with van der Waals surface area (Å²) in [6.45, 7) is 2.01. The standard InChI is InChI=1S/C25H29N3O2S/c1-18-12-14-19(15-13-18)16-17-23(29)27-25(31)26-22-11-7-6-10-21(22)24(30)28(2)20-8-4-3-5-9-20/h6-7,10-17,20H,3-5,8-9H2,1-2H3,(H2,26,27,29,31). The van der Waals surface area contributed by atoms with Crippen molar-refractivity contribution < 1.29 is 9.59 Å². The van der Waals surface area contributed by atoms with E-state index in [4.69, 9.17) is 12.2 Å². The molecule has 3 rings (SSSR count). The normalized spacial score (nSPS) is 14.3. The zero-order valence-electron chi connectivity index (χ0n) is 18.1. The van der Waals surface area contributed by atoms with Crippen molar-refractivity contribution >= 4 is 40.9 Å². The minimum Gasteiger partial charge on any atom is -0.339 e. The number of nitrogens with one attached hydrogen (secondary N) is 2. The van der Waals surface area contributed by atoms with E-state index in [1.165, 1.54) is 12.5 Å². The fourth-order valence-corrected chi connectivity index (χ4v) is 3.97. The van der Waals surface area contributed by atoms with E-state index >= 15 is 0 Å². The lowest BCUT2D eigenvalue weighted by atomic mass is 9.94. The number of carbonyl (C=O) groups excluding carboxylic acids is 2. The summed E-state index contributed by atoms with van der Waals surface area (Å²) in [5.41, 5.74) is 3.22. The molecule has 0 aliphatic heterocycles. The Kier molecular flexibility index (Phi) is 7.95. The van der Waals surface area contributed by atoms with Gasteiger partial charge < -0.3 is 10.2 Å². The number of nitrogens with zero attached hydrogens (tertiary/aromatic N) is 1. The fraction of sp³-hybridized carbons (Fsp3) is 0.320. The number of rotatable bonds is 5. The largest absolute Gasteiger partial charge is 0.339 e. The molecule has 0 saturated heterocycles. The Labute approximate surface area is 189 Å². The van der Waals surface area contributed by atoms with E-state index in [1.54, 1.807) is 18.2 Å². The highest BCUT2D eigenvalue weighted by Crippen LogP contribution is 2.25. The van der Waals surface area contributed by atoms with E-state index in [2.05, 4.69) is 10.6 Å². The van der Waals surface area contributed by atoms with Crippen LogP contribution in [0.2, 0.25) is 0 Å². The molecule has 6 heteroatoms. The lowest BCUT2D eigenvalue weighted by Crippen LogP contribution is -2.39. The minimum atomic E-state index is -0.332. The Morgan fingerprint density at radius 2 is 1.71 bits per heavy atom. The number of hydrogen-bond acceptors (Lipinski definition) is 3. The summed E-state index contributed by atoms with van der Waals surface area (Å²) in [6, 6.07) is 15.4. The summed E-state index contributed by atoms with van der Waals surface area (Å²) in [7, 11) is 1.87. The molecule has 1 aliphatic carbocycles. The number of hydrogen-bond donors (Lipinski definition) is 2. The van der Waals surface area contributed by atoms with Crippen LogP contribution in [0.4, 0.5) is 5.69 Å². The van der Waals surface area contributed by atoms with Crippen molar-refractivity contribution in [2.45, 2.75) is 45.1 Å². The highest BCUT2D eigenvalue weighted by Gasteiger charge is 2.24. The van der Waals surface area contributed by atoms with Gasteiger partial charge in [-0.15, -0.1) is 0 Å². The fourth-order valence-electron chi connectivity index (χ4n) is 3.76. The second kappa shape index (κ2) is 10.9. The first-order chi connectivity index (χ1) is 14.9. The van der Waals surface area contributed by atoms with Gasteiger partial charge in [0, 0.05) is 19.2 Å². The molecule has 2 N–H and O–H groups in total. The van der Waals surface area contributed by atoms with Gasteiger partial charge in [-0.2, -0.15) is 0 Å². The highest BCUT2D eigenvalue weighted by molar-refractivity contribution is 7.80. The van der Waals surface area contributed by atoms with E-state index in [0.717, 1.165) is 36.8 Å². The van der Waals surface area contributed by atoms with Crippen LogP contribution in [0.1, 0.15) is 53.6 Å². The molecule has 2 aromatic rings. The van der Waals surface area contributed by atoms with E-state index < -0.39 is 0 Å². The molecule has 2 amide bonds. The van der Waals surface area contributed by atoms with Crippen molar-refractivity contribution in [3.8, 4) is 0 Å². The SMILES string of the molecule is Cc1ccc(C=CC(=O)NC(=S)Nc2ccccc2C(=O)N(C)C2CCCCC2)cc1. The molecule has 31 heavy (non-hydrogen) atoms. The molecular weight excluding hydrogens is 406 g/mol. The number of amides is 2. The Morgan fingerprint density at radius 1 is 1.03 bits per heavy atom. The zero-order valence-corrected chi connectivity index (χ0v) is 18.9. The average molecular weight is 436 g/mol. The molecule has 0 spiro atoms. The number of carbonyl (C=O) groups is 2. The predicted molar refractivity (Wildman–Crippen MR) is 130 cm³/mol. The first-order valence-corrected chi connectivity index (χ1v) is 11.1. The first kappa shape index (κ1) is 22.7. The Hall–Kier alpha value is -2.99. The molecule has 0 unspecified atom stereocenters. The number of aryl methyl sites for hydroxylation is 1. The lowest BCUT2D eigenvalue weighted by Gasteiger charge is -2.31. The Bertz CT molecular complexity index is 963. The molecular formula is C25H29N3O2S. The Morgan fingerprint density at radius 3 is 2.42 bits per heavy atom. The summed E-state index contributed by atoms with van der Waals surface area (Å²) in [4.78, 5) is 27.2. The monoisotopic (exact) mass is 435 g/mol. The summed E-state index contributed by atoms with van der Waals surface area (Å²) in [6.07, 6.45) is 8.81. The van der Waals surface area contributed by atoms with Gasteiger partial charge in [-0.3, -0.25) is 14.9 Å². The summed E-state index contributed by atoms with van der Waals surface area (Å²) in [5, 5.41) is 5.79. The van der Waals surface area contributed by atoms with E-state index in [1.807, 2.05) is 55.3 Å². The van der Waals surface area contributed by atoms with Crippen molar-refractivity contribution in [3.05, 3.63) is 71.3 Å². The molecule has 0 heterocycles. The number of para-hydroxylation sites is 1. The minimum absolute atomic E-state index is 0.0385. The molecule has 2 aromatic carbocycles. The first-order valence-electron chi connectivity index (χ1n) is 10.7. The maximum Gasteiger partial charge on any atom is 0.255 e. The van der Waals surface area contributed by atoms with Crippen LogP contribution in [-0.2, 0) is 4.79 Å². The van der Waals surface area contributed by atoms with Gasteiger partial charge in [0.2, 0.25) is 5.91 Å².